The molecule has 74 valence electrons. The predicted octanol–water partition coefficient (Wildman–Crippen LogP) is 0.862. The van der Waals surface area contributed by atoms with E-state index >= 15 is 0 Å². The molecule has 0 aliphatic heterocycles. The highest BCUT2D eigenvalue weighted by molar-refractivity contribution is 5.91. The Kier molecular flexibility index (Phi) is 2.43. The van der Waals surface area contributed by atoms with Crippen molar-refractivity contribution in [2.45, 2.75) is 13.3 Å². The molecule has 1 heterocycles. The normalized spacial score (nSPS) is 24.4. The summed E-state index contributed by atoms with van der Waals surface area (Å²) in [4.78, 5) is 11.5. The van der Waals surface area contributed by atoms with Gasteiger partial charge in [0.05, 0.1) is 0 Å². The Hall–Kier alpha value is -1.45. The number of carbonyl (C=O) groups excluding carboxylic acids is 1. The maximum atomic E-state index is 11.5. The molecule has 1 aromatic heterocycles. The standard InChI is InChI=1S/C10H13N3O/c1-7-5-8(7)6-11-10(14)9-3-2-4-12-13-9/h2-4,7-8H,5-6H2,1H3,(H,11,14). The first-order chi connectivity index (χ1) is 6.77. The topological polar surface area (TPSA) is 54.9 Å². The second-order valence-electron chi connectivity index (χ2n) is 3.79. The van der Waals surface area contributed by atoms with Gasteiger partial charge in [0, 0.05) is 12.7 Å². The Morgan fingerprint density at radius 1 is 1.71 bits per heavy atom. The van der Waals surface area contributed by atoms with Gasteiger partial charge in [-0.15, -0.1) is 5.10 Å². The summed E-state index contributed by atoms with van der Waals surface area (Å²) in [5.74, 6) is 1.30. The molecule has 0 saturated heterocycles. The van der Waals surface area contributed by atoms with Gasteiger partial charge in [0.2, 0.25) is 0 Å². The highest BCUT2D eigenvalue weighted by Gasteiger charge is 2.32. The fourth-order valence-corrected chi connectivity index (χ4v) is 1.42. The van der Waals surface area contributed by atoms with Crippen molar-refractivity contribution in [2.75, 3.05) is 6.54 Å². The first-order valence-corrected chi connectivity index (χ1v) is 4.83. The molecule has 0 aromatic carbocycles. The van der Waals surface area contributed by atoms with E-state index in [4.69, 9.17) is 0 Å². The molecule has 2 atom stereocenters. The summed E-state index contributed by atoms with van der Waals surface area (Å²) in [5.41, 5.74) is 0.390. The fraction of sp³-hybridized carbons (Fsp3) is 0.500. The molecule has 2 unspecified atom stereocenters. The minimum atomic E-state index is -0.128. The van der Waals surface area contributed by atoms with Crippen LogP contribution in [0.3, 0.4) is 0 Å². The molecule has 2 rings (SSSR count). The SMILES string of the molecule is CC1CC1CNC(=O)c1cccnn1. The average Bonchev–Trinajstić information content (AvgIpc) is 2.92. The van der Waals surface area contributed by atoms with E-state index in [0.717, 1.165) is 12.5 Å². The van der Waals surface area contributed by atoms with Crippen molar-refractivity contribution >= 4 is 5.91 Å². The van der Waals surface area contributed by atoms with Crippen LogP contribution in [0.2, 0.25) is 0 Å². The average molecular weight is 191 g/mol. The number of rotatable bonds is 3. The van der Waals surface area contributed by atoms with Crippen molar-refractivity contribution in [3.05, 3.63) is 24.0 Å². The third kappa shape index (κ3) is 2.07. The first-order valence-electron chi connectivity index (χ1n) is 4.83. The van der Waals surface area contributed by atoms with Crippen LogP contribution in [-0.2, 0) is 0 Å². The van der Waals surface area contributed by atoms with Crippen molar-refractivity contribution in [3.63, 3.8) is 0 Å². The van der Waals surface area contributed by atoms with Crippen LogP contribution in [0.15, 0.2) is 18.3 Å². The van der Waals surface area contributed by atoms with Gasteiger partial charge in [-0.3, -0.25) is 4.79 Å². The van der Waals surface area contributed by atoms with Gasteiger partial charge in [-0.25, -0.2) is 0 Å². The van der Waals surface area contributed by atoms with E-state index in [-0.39, 0.29) is 5.91 Å². The Morgan fingerprint density at radius 2 is 2.50 bits per heavy atom. The van der Waals surface area contributed by atoms with E-state index in [1.54, 1.807) is 18.3 Å². The van der Waals surface area contributed by atoms with E-state index in [2.05, 4.69) is 22.4 Å². The second kappa shape index (κ2) is 3.74. The highest BCUT2D eigenvalue weighted by atomic mass is 16.1. The molecule has 1 aromatic rings. The lowest BCUT2D eigenvalue weighted by molar-refractivity contribution is 0.0945. The third-order valence-corrected chi connectivity index (χ3v) is 2.61. The van der Waals surface area contributed by atoms with Crippen LogP contribution in [0.5, 0.6) is 0 Å². The summed E-state index contributed by atoms with van der Waals surface area (Å²) in [6.07, 6.45) is 2.78. The van der Waals surface area contributed by atoms with Crippen LogP contribution >= 0.6 is 0 Å². The van der Waals surface area contributed by atoms with Gasteiger partial charge in [-0.05, 0) is 30.4 Å². The summed E-state index contributed by atoms with van der Waals surface area (Å²) < 4.78 is 0. The monoisotopic (exact) mass is 191 g/mol. The lowest BCUT2D eigenvalue weighted by atomic mass is 10.3. The minimum Gasteiger partial charge on any atom is -0.350 e. The Labute approximate surface area is 82.7 Å². The maximum absolute atomic E-state index is 11.5. The van der Waals surface area contributed by atoms with E-state index in [0.29, 0.717) is 11.6 Å². The summed E-state index contributed by atoms with van der Waals surface area (Å²) in [6, 6.07) is 3.38. The van der Waals surface area contributed by atoms with E-state index in [1.165, 1.54) is 6.42 Å². The zero-order valence-corrected chi connectivity index (χ0v) is 8.10. The first kappa shape index (κ1) is 9.12. The molecule has 1 fully saturated rings. The molecule has 4 nitrogen and oxygen atoms in total. The molecule has 0 spiro atoms. The highest BCUT2D eigenvalue weighted by Crippen LogP contribution is 2.36. The van der Waals surface area contributed by atoms with Crippen LogP contribution in [0.25, 0.3) is 0 Å². The quantitative estimate of drug-likeness (QED) is 0.771. The molecule has 0 bridgehead atoms. The van der Waals surface area contributed by atoms with Gasteiger partial charge in [0.25, 0.3) is 5.91 Å². The molecule has 14 heavy (non-hydrogen) atoms. The number of hydrogen-bond acceptors (Lipinski definition) is 3. The number of hydrogen-bond donors (Lipinski definition) is 1. The molecular weight excluding hydrogens is 178 g/mol. The molecule has 0 radical (unpaired) electrons. The van der Waals surface area contributed by atoms with Crippen LogP contribution in [0, 0.1) is 11.8 Å². The Balaban J connectivity index is 1.84. The van der Waals surface area contributed by atoms with E-state index in [1.807, 2.05) is 0 Å². The van der Waals surface area contributed by atoms with E-state index in [9.17, 15) is 4.79 Å². The predicted molar refractivity (Wildman–Crippen MR) is 51.6 cm³/mol. The molecule has 1 saturated carbocycles. The number of amides is 1. The van der Waals surface area contributed by atoms with Gasteiger partial charge in [0.15, 0.2) is 5.69 Å². The summed E-state index contributed by atoms with van der Waals surface area (Å²) >= 11 is 0. The zero-order chi connectivity index (χ0) is 9.97. The van der Waals surface area contributed by atoms with Crippen molar-refractivity contribution in [1.29, 1.82) is 0 Å². The molecular formula is C10H13N3O. The van der Waals surface area contributed by atoms with E-state index < -0.39 is 0 Å². The van der Waals surface area contributed by atoms with Crippen molar-refractivity contribution in [1.82, 2.24) is 15.5 Å². The summed E-state index contributed by atoms with van der Waals surface area (Å²) in [6.45, 7) is 2.95. The zero-order valence-electron chi connectivity index (χ0n) is 8.10. The number of nitrogens with one attached hydrogen (secondary N) is 1. The lowest BCUT2D eigenvalue weighted by Gasteiger charge is -2.01. The molecule has 1 aliphatic rings. The smallest absolute Gasteiger partial charge is 0.271 e. The summed E-state index contributed by atoms with van der Waals surface area (Å²) in [7, 11) is 0. The van der Waals surface area contributed by atoms with Gasteiger partial charge in [-0.1, -0.05) is 6.92 Å². The molecule has 4 heteroatoms. The van der Waals surface area contributed by atoms with Crippen LogP contribution < -0.4 is 5.32 Å². The van der Waals surface area contributed by atoms with Gasteiger partial charge >= 0.3 is 0 Å². The molecule has 1 aliphatic carbocycles. The lowest BCUT2D eigenvalue weighted by Crippen LogP contribution is -2.26. The van der Waals surface area contributed by atoms with Crippen LogP contribution in [0.4, 0.5) is 0 Å². The third-order valence-electron chi connectivity index (χ3n) is 2.61. The van der Waals surface area contributed by atoms with Gasteiger partial charge in [-0.2, -0.15) is 5.10 Å². The Bertz CT molecular complexity index is 325. The number of carbonyl (C=O) groups is 1. The van der Waals surface area contributed by atoms with Gasteiger partial charge < -0.3 is 5.32 Å². The van der Waals surface area contributed by atoms with Crippen molar-refractivity contribution in [3.8, 4) is 0 Å². The van der Waals surface area contributed by atoms with Crippen LogP contribution in [0.1, 0.15) is 23.8 Å². The second-order valence-corrected chi connectivity index (χ2v) is 3.79. The van der Waals surface area contributed by atoms with Crippen molar-refractivity contribution < 1.29 is 4.79 Å². The maximum Gasteiger partial charge on any atom is 0.271 e. The largest absolute Gasteiger partial charge is 0.350 e. The molecule has 1 amide bonds. The minimum absolute atomic E-state index is 0.128. The number of aromatic nitrogens is 2. The summed E-state index contributed by atoms with van der Waals surface area (Å²) in [5, 5.41) is 10.2. The van der Waals surface area contributed by atoms with Gasteiger partial charge in [0.1, 0.15) is 0 Å². The fourth-order valence-electron chi connectivity index (χ4n) is 1.42. The van der Waals surface area contributed by atoms with Crippen molar-refractivity contribution in [2.24, 2.45) is 11.8 Å². The Morgan fingerprint density at radius 3 is 3.07 bits per heavy atom. The number of nitrogens with zero attached hydrogens (tertiary/aromatic N) is 2. The van der Waals surface area contributed by atoms with Crippen LogP contribution in [-0.4, -0.2) is 22.6 Å². The molecule has 1 N–H and O–H groups in total.